The minimum Gasteiger partial charge on any atom is -0.347 e. The van der Waals surface area contributed by atoms with Crippen LogP contribution in [0.4, 0.5) is 0 Å². The van der Waals surface area contributed by atoms with Crippen molar-refractivity contribution < 1.29 is 4.79 Å². The van der Waals surface area contributed by atoms with Crippen LogP contribution in [0.5, 0.6) is 0 Å². The number of nitrogens with one attached hydrogen (secondary N) is 2. The zero-order chi connectivity index (χ0) is 11.4. The van der Waals surface area contributed by atoms with Crippen LogP contribution >= 0.6 is 23.1 Å². The predicted molar refractivity (Wildman–Crippen MR) is 70.0 cm³/mol. The van der Waals surface area contributed by atoms with E-state index in [4.69, 9.17) is 0 Å². The van der Waals surface area contributed by atoms with Crippen LogP contribution in [0.1, 0.15) is 17.8 Å². The van der Waals surface area contributed by atoms with Crippen LogP contribution < -0.4 is 10.6 Å². The van der Waals surface area contributed by atoms with Gasteiger partial charge in [0.1, 0.15) is 0 Å². The minimum atomic E-state index is -0.0267. The summed E-state index contributed by atoms with van der Waals surface area (Å²) in [6.07, 6.45) is 0. The Labute approximate surface area is 104 Å². The summed E-state index contributed by atoms with van der Waals surface area (Å²) in [5.74, 6) is 2.10. The van der Waals surface area contributed by atoms with Gasteiger partial charge in [-0.2, -0.15) is 11.8 Å². The molecule has 0 aliphatic carbocycles. The zero-order valence-electron chi connectivity index (χ0n) is 9.23. The minimum absolute atomic E-state index is 0.0267. The van der Waals surface area contributed by atoms with Crippen molar-refractivity contribution in [2.75, 3.05) is 18.1 Å². The molecule has 1 saturated heterocycles. The van der Waals surface area contributed by atoms with E-state index in [-0.39, 0.29) is 18.0 Å². The summed E-state index contributed by atoms with van der Waals surface area (Å²) in [5, 5.41) is 8.32. The number of thioether (sulfide) groups is 1. The first-order chi connectivity index (χ1) is 7.77. The third-order valence-electron chi connectivity index (χ3n) is 2.57. The molecule has 0 radical (unpaired) electrons. The summed E-state index contributed by atoms with van der Waals surface area (Å²) < 4.78 is 0. The Morgan fingerprint density at radius 3 is 3.19 bits per heavy atom. The molecule has 1 amide bonds. The van der Waals surface area contributed by atoms with Crippen molar-refractivity contribution in [3.63, 3.8) is 0 Å². The number of carbonyl (C=O) groups is 1. The first-order valence-corrected chi connectivity index (χ1v) is 7.45. The fourth-order valence-corrected chi connectivity index (χ4v) is 3.32. The normalized spacial score (nSPS) is 22.7. The molecule has 1 aliphatic heterocycles. The molecule has 1 fully saturated rings. The quantitative estimate of drug-likeness (QED) is 0.863. The molecule has 0 aromatic carbocycles. The molecule has 0 bridgehead atoms. The highest BCUT2D eigenvalue weighted by molar-refractivity contribution is 7.99. The maximum atomic E-state index is 11.9. The lowest BCUT2D eigenvalue weighted by molar-refractivity contribution is -0.123. The maximum absolute atomic E-state index is 11.9. The van der Waals surface area contributed by atoms with Crippen molar-refractivity contribution in [2.24, 2.45) is 0 Å². The zero-order valence-corrected chi connectivity index (χ0v) is 10.9. The van der Waals surface area contributed by atoms with Crippen molar-refractivity contribution >= 4 is 29.0 Å². The number of carbonyl (C=O) groups excluding carboxylic acids is 1. The van der Waals surface area contributed by atoms with Crippen LogP contribution in [-0.4, -0.2) is 30.0 Å². The Bertz CT molecular complexity index is 334. The van der Waals surface area contributed by atoms with Crippen LogP contribution in [0.3, 0.4) is 0 Å². The Morgan fingerprint density at radius 1 is 1.69 bits per heavy atom. The number of hydrogen-bond acceptors (Lipinski definition) is 4. The molecule has 88 valence electrons. The van der Waals surface area contributed by atoms with Crippen molar-refractivity contribution in [1.29, 1.82) is 0 Å². The van der Waals surface area contributed by atoms with Gasteiger partial charge in [0.25, 0.3) is 0 Å². The van der Waals surface area contributed by atoms with Gasteiger partial charge in [0.05, 0.1) is 12.1 Å². The summed E-state index contributed by atoms with van der Waals surface area (Å²) in [7, 11) is 0. The van der Waals surface area contributed by atoms with E-state index in [1.54, 1.807) is 11.3 Å². The van der Waals surface area contributed by atoms with Crippen LogP contribution in [0, 0.1) is 0 Å². The van der Waals surface area contributed by atoms with Gasteiger partial charge in [0, 0.05) is 22.9 Å². The molecule has 2 atom stereocenters. The Hall–Kier alpha value is -0.520. The van der Waals surface area contributed by atoms with Gasteiger partial charge in [0.2, 0.25) is 5.91 Å². The maximum Gasteiger partial charge on any atom is 0.238 e. The third-order valence-corrected chi connectivity index (χ3v) is 4.68. The van der Waals surface area contributed by atoms with E-state index in [1.165, 1.54) is 4.88 Å². The molecule has 3 nitrogen and oxygen atoms in total. The van der Waals surface area contributed by atoms with Gasteiger partial charge >= 0.3 is 0 Å². The fraction of sp³-hybridized carbons (Fsp3) is 0.545. The molecule has 1 unspecified atom stereocenters. The highest BCUT2D eigenvalue weighted by Gasteiger charge is 2.22. The van der Waals surface area contributed by atoms with E-state index in [1.807, 2.05) is 30.1 Å². The van der Waals surface area contributed by atoms with Crippen molar-refractivity contribution in [3.8, 4) is 0 Å². The monoisotopic (exact) mass is 256 g/mol. The largest absolute Gasteiger partial charge is 0.347 e. The van der Waals surface area contributed by atoms with Crippen molar-refractivity contribution in [3.05, 3.63) is 22.4 Å². The topological polar surface area (TPSA) is 41.1 Å². The molecule has 5 heteroatoms. The standard InChI is InChI=1S/C11H16N2OS2/c1-8(10-3-2-5-16-10)13-11(14)9-7-15-6-4-12-9/h2-3,5,8-9,12H,4,6-7H2,1H3,(H,13,14)/t8-,9?/m1/s1. The first kappa shape index (κ1) is 12.0. The van der Waals surface area contributed by atoms with Gasteiger partial charge in [-0.05, 0) is 18.4 Å². The molecule has 2 N–H and O–H groups in total. The first-order valence-electron chi connectivity index (χ1n) is 5.42. The molecule has 2 rings (SSSR count). The number of amides is 1. The highest BCUT2D eigenvalue weighted by atomic mass is 32.2. The molecule has 0 spiro atoms. The molecule has 16 heavy (non-hydrogen) atoms. The molecule has 1 aromatic heterocycles. The predicted octanol–water partition coefficient (Wildman–Crippen LogP) is 1.63. The third kappa shape index (κ3) is 2.99. The van der Waals surface area contributed by atoms with Crippen molar-refractivity contribution in [1.82, 2.24) is 10.6 Å². The lowest BCUT2D eigenvalue weighted by Crippen LogP contribution is -2.49. The van der Waals surface area contributed by atoms with E-state index in [9.17, 15) is 4.79 Å². The highest BCUT2D eigenvalue weighted by Crippen LogP contribution is 2.18. The van der Waals surface area contributed by atoms with Gasteiger partial charge < -0.3 is 10.6 Å². The van der Waals surface area contributed by atoms with E-state index in [0.717, 1.165) is 18.1 Å². The summed E-state index contributed by atoms with van der Waals surface area (Å²) in [4.78, 5) is 13.1. The van der Waals surface area contributed by atoms with Crippen LogP contribution in [0.2, 0.25) is 0 Å². The van der Waals surface area contributed by atoms with Gasteiger partial charge in [-0.15, -0.1) is 11.3 Å². The van der Waals surface area contributed by atoms with Crippen molar-refractivity contribution in [2.45, 2.75) is 19.0 Å². The number of hydrogen-bond donors (Lipinski definition) is 2. The molecule has 1 aromatic rings. The van der Waals surface area contributed by atoms with Gasteiger partial charge in [-0.25, -0.2) is 0 Å². The lowest BCUT2D eigenvalue weighted by atomic mass is 10.2. The molecule has 1 aliphatic rings. The smallest absolute Gasteiger partial charge is 0.238 e. The van der Waals surface area contributed by atoms with Crippen LogP contribution in [-0.2, 0) is 4.79 Å². The SMILES string of the molecule is C[C@@H](NC(=O)C1CSCCN1)c1cccs1. The van der Waals surface area contributed by atoms with Gasteiger partial charge in [-0.1, -0.05) is 6.07 Å². The second kappa shape index (κ2) is 5.70. The van der Waals surface area contributed by atoms with E-state index >= 15 is 0 Å². The fourth-order valence-electron chi connectivity index (χ4n) is 1.66. The summed E-state index contributed by atoms with van der Waals surface area (Å²) in [5.41, 5.74) is 0. The van der Waals surface area contributed by atoms with Gasteiger partial charge in [-0.3, -0.25) is 4.79 Å². The summed E-state index contributed by atoms with van der Waals surface area (Å²) in [6, 6.07) is 4.15. The Morgan fingerprint density at radius 2 is 2.56 bits per heavy atom. The summed E-state index contributed by atoms with van der Waals surface area (Å²) in [6.45, 7) is 2.95. The van der Waals surface area contributed by atoms with E-state index < -0.39 is 0 Å². The van der Waals surface area contributed by atoms with Crippen LogP contribution in [0.15, 0.2) is 17.5 Å². The number of thiophene rings is 1. The van der Waals surface area contributed by atoms with Crippen LogP contribution in [0.25, 0.3) is 0 Å². The second-order valence-corrected chi connectivity index (χ2v) is 5.96. The summed E-state index contributed by atoms with van der Waals surface area (Å²) >= 11 is 3.51. The lowest BCUT2D eigenvalue weighted by Gasteiger charge is -2.24. The van der Waals surface area contributed by atoms with E-state index in [0.29, 0.717) is 0 Å². The molecular formula is C11H16N2OS2. The molecule has 0 saturated carbocycles. The van der Waals surface area contributed by atoms with Gasteiger partial charge in [0.15, 0.2) is 0 Å². The molecular weight excluding hydrogens is 240 g/mol. The Kier molecular flexibility index (Phi) is 4.26. The number of rotatable bonds is 3. The average Bonchev–Trinajstić information content (AvgIpc) is 2.83. The molecule has 2 heterocycles. The van der Waals surface area contributed by atoms with E-state index in [2.05, 4.69) is 16.7 Å². The second-order valence-electron chi connectivity index (χ2n) is 3.83. The average molecular weight is 256 g/mol. The Balaban J connectivity index is 1.86.